The van der Waals surface area contributed by atoms with Crippen molar-refractivity contribution in [2.24, 2.45) is 0 Å². The molecule has 3 aromatic carbocycles. The average Bonchev–Trinajstić information content (AvgIpc) is 2.73. The van der Waals surface area contributed by atoms with Gasteiger partial charge in [-0.3, -0.25) is 0 Å². The van der Waals surface area contributed by atoms with Crippen LogP contribution in [-0.2, 0) is 19.6 Å². The molecule has 1 heterocycles. The Morgan fingerprint density at radius 2 is 1.82 bits per heavy atom. The van der Waals surface area contributed by atoms with Crippen LogP contribution in [0.25, 0.3) is 0 Å². The topological polar surface area (TPSA) is 21.7 Å². The lowest BCUT2D eigenvalue weighted by Crippen LogP contribution is -2.29. The molecule has 0 bridgehead atoms. The van der Waals surface area contributed by atoms with E-state index in [4.69, 9.17) is 9.47 Å². The molecule has 144 valence electrons. The van der Waals surface area contributed by atoms with Crippen molar-refractivity contribution in [3.05, 3.63) is 89.0 Å². The molecular weight excluding hydrogens is 346 g/mol. The zero-order chi connectivity index (χ0) is 19.3. The highest BCUT2D eigenvalue weighted by atomic mass is 16.5. The highest BCUT2D eigenvalue weighted by molar-refractivity contribution is 5.57. The Bertz CT molecular complexity index is 937. The Morgan fingerprint density at radius 3 is 2.64 bits per heavy atom. The third-order valence-electron chi connectivity index (χ3n) is 5.32. The molecule has 4 rings (SSSR count). The first kappa shape index (κ1) is 18.4. The number of hydrogen-bond acceptors (Lipinski definition) is 3. The standard InChI is InChI=1S/C25H27NO2/c1-19-10-13-24-21(15-19)9-6-14-26(24)17-22-11-12-23(16-25(22)27-2)28-18-20-7-4-3-5-8-20/h3-5,7-8,10-13,15-16H,6,9,14,17-18H2,1-2H3. The van der Waals surface area contributed by atoms with E-state index in [9.17, 15) is 0 Å². The van der Waals surface area contributed by atoms with Gasteiger partial charge in [0.05, 0.1) is 7.11 Å². The van der Waals surface area contributed by atoms with Gasteiger partial charge < -0.3 is 14.4 Å². The fourth-order valence-electron chi connectivity index (χ4n) is 3.86. The molecule has 0 aromatic heterocycles. The van der Waals surface area contributed by atoms with Gasteiger partial charge in [0.1, 0.15) is 18.1 Å². The molecule has 28 heavy (non-hydrogen) atoms. The summed E-state index contributed by atoms with van der Waals surface area (Å²) in [6.07, 6.45) is 2.36. The lowest BCUT2D eigenvalue weighted by Gasteiger charge is -2.32. The van der Waals surface area contributed by atoms with Crippen molar-refractivity contribution in [1.29, 1.82) is 0 Å². The predicted molar refractivity (Wildman–Crippen MR) is 114 cm³/mol. The summed E-state index contributed by atoms with van der Waals surface area (Å²) in [4.78, 5) is 2.46. The normalized spacial score (nSPS) is 13.1. The summed E-state index contributed by atoms with van der Waals surface area (Å²) in [6.45, 7) is 4.64. The second kappa shape index (κ2) is 8.39. The summed E-state index contributed by atoms with van der Waals surface area (Å²) >= 11 is 0. The SMILES string of the molecule is COc1cc(OCc2ccccc2)ccc1CN1CCCc2cc(C)ccc21. The Balaban J connectivity index is 1.50. The molecule has 0 amide bonds. The van der Waals surface area contributed by atoms with Crippen LogP contribution >= 0.6 is 0 Å². The monoisotopic (exact) mass is 373 g/mol. The fraction of sp³-hybridized carbons (Fsp3) is 0.280. The van der Waals surface area contributed by atoms with Crippen LogP contribution in [0, 0.1) is 6.92 Å². The number of rotatable bonds is 6. The highest BCUT2D eigenvalue weighted by Gasteiger charge is 2.18. The summed E-state index contributed by atoms with van der Waals surface area (Å²) in [5, 5.41) is 0. The molecule has 0 aliphatic carbocycles. The molecule has 0 unspecified atom stereocenters. The fourth-order valence-corrected chi connectivity index (χ4v) is 3.86. The van der Waals surface area contributed by atoms with E-state index in [1.807, 2.05) is 30.3 Å². The summed E-state index contributed by atoms with van der Waals surface area (Å²) < 4.78 is 11.6. The summed E-state index contributed by atoms with van der Waals surface area (Å²) in [5.41, 5.74) is 6.48. The minimum absolute atomic E-state index is 0.558. The van der Waals surface area contributed by atoms with E-state index in [0.717, 1.165) is 36.6 Å². The molecule has 3 nitrogen and oxygen atoms in total. The van der Waals surface area contributed by atoms with Crippen LogP contribution in [0.5, 0.6) is 11.5 Å². The van der Waals surface area contributed by atoms with Crippen LogP contribution in [0.3, 0.4) is 0 Å². The second-order valence-electron chi connectivity index (χ2n) is 7.41. The molecule has 0 spiro atoms. The summed E-state index contributed by atoms with van der Waals surface area (Å²) in [5.74, 6) is 1.71. The number of fused-ring (bicyclic) bond motifs is 1. The molecule has 1 aliphatic heterocycles. The van der Waals surface area contributed by atoms with Gasteiger partial charge in [-0.05, 0) is 49.1 Å². The Kier molecular flexibility index (Phi) is 5.52. The maximum atomic E-state index is 5.96. The van der Waals surface area contributed by atoms with Crippen LogP contribution in [-0.4, -0.2) is 13.7 Å². The van der Waals surface area contributed by atoms with Crippen molar-refractivity contribution < 1.29 is 9.47 Å². The predicted octanol–water partition coefficient (Wildman–Crippen LogP) is 5.54. The number of hydrogen-bond donors (Lipinski definition) is 0. The molecule has 0 saturated carbocycles. The molecule has 3 aromatic rings. The van der Waals surface area contributed by atoms with E-state index in [1.54, 1.807) is 7.11 Å². The number of benzene rings is 3. The van der Waals surface area contributed by atoms with Gasteiger partial charge in [0, 0.05) is 30.4 Å². The van der Waals surface area contributed by atoms with Crippen LogP contribution in [0.4, 0.5) is 5.69 Å². The Hall–Kier alpha value is -2.94. The van der Waals surface area contributed by atoms with Crippen molar-refractivity contribution >= 4 is 5.69 Å². The van der Waals surface area contributed by atoms with Crippen LogP contribution < -0.4 is 14.4 Å². The number of methoxy groups -OCH3 is 1. The van der Waals surface area contributed by atoms with Crippen LogP contribution in [0.15, 0.2) is 66.7 Å². The number of anilines is 1. The number of ether oxygens (including phenoxy) is 2. The van der Waals surface area contributed by atoms with Gasteiger partial charge >= 0.3 is 0 Å². The van der Waals surface area contributed by atoms with E-state index in [1.165, 1.54) is 28.8 Å². The lowest BCUT2D eigenvalue weighted by atomic mass is 9.99. The van der Waals surface area contributed by atoms with Gasteiger partial charge in [0.15, 0.2) is 0 Å². The quantitative estimate of drug-likeness (QED) is 0.567. The first-order valence-electron chi connectivity index (χ1n) is 9.91. The largest absolute Gasteiger partial charge is 0.496 e. The van der Waals surface area contributed by atoms with Crippen LogP contribution in [0.2, 0.25) is 0 Å². The van der Waals surface area contributed by atoms with E-state index in [0.29, 0.717) is 6.61 Å². The number of nitrogens with zero attached hydrogens (tertiary/aromatic N) is 1. The third kappa shape index (κ3) is 4.14. The average molecular weight is 373 g/mol. The smallest absolute Gasteiger partial charge is 0.127 e. The highest BCUT2D eigenvalue weighted by Crippen LogP contribution is 2.32. The van der Waals surface area contributed by atoms with E-state index in [2.05, 4.69) is 48.2 Å². The van der Waals surface area contributed by atoms with E-state index >= 15 is 0 Å². The minimum atomic E-state index is 0.558. The summed E-state index contributed by atoms with van der Waals surface area (Å²) in [7, 11) is 1.73. The molecule has 0 saturated heterocycles. The summed E-state index contributed by atoms with van der Waals surface area (Å²) in [6, 6.07) is 23.2. The third-order valence-corrected chi connectivity index (χ3v) is 5.32. The second-order valence-corrected chi connectivity index (χ2v) is 7.41. The van der Waals surface area contributed by atoms with Gasteiger partial charge in [-0.25, -0.2) is 0 Å². The van der Waals surface area contributed by atoms with Gasteiger partial charge in [-0.1, -0.05) is 48.0 Å². The molecular formula is C25H27NO2. The minimum Gasteiger partial charge on any atom is -0.496 e. The van der Waals surface area contributed by atoms with Crippen molar-refractivity contribution in [3.8, 4) is 11.5 Å². The first-order chi connectivity index (χ1) is 13.7. The lowest BCUT2D eigenvalue weighted by molar-refractivity contribution is 0.303. The molecule has 1 aliphatic rings. The zero-order valence-electron chi connectivity index (χ0n) is 16.7. The molecule has 0 fully saturated rings. The van der Waals surface area contributed by atoms with Crippen molar-refractivity contribution in [2.75, 3.05) is 18.6 Å². The van der Waals surface area contributed by atoms with Crippen molar-refractivity contribution in [3.63, 3.8) is 0 Å². The van der Waals surface area contributed by atoms with Gasteiger partial charge in [-0.2, -0.15) is 0 Å². The number of aryl methyl sites for hydroxylation is 2. The van der Waals surface area contributed by atoms with Gasteiger partial charge in [0.25, 0.3) is 0 Å². The maximum Gasteiger partial charge on any atom is 0.127 e. The molecule has 0 radical (unpaired) electrons. The zero-order valence-corrected chi connectivity index (χ0v) is 16.7. The Labute approximate surface area is 167 Å². The van der Waals surface area contributed by atoms with Crippen LogP contribution in [0.1, 0.15) is 28.7 Å². The Morgan fingerprint density at radius 1 is 0.964 bits per heavy atom. The van der Waals surface area contributed by atoms with E-state index in [-0.39, 0.29) is 0 Å². The van der Waals surface area contributed by atoms with E-state index < -0.39 is 0 Å². The van der Waals surface area contributed by atoms with Crippen molar-refractivity contribution in [1.82, 2.24) is 0 Å². The first-order valence-corrected chi connectivity index (χ1v) is 9.91. The van der Waals surface area contributed by atoms with Gasteiger partial charge in [-0.15, -0.1) is 0 Å². The maximum absolute atomic E-state index is 5.96. The molecule has 0 atom stereocenters. The van der Waals surface area contributed by atoms with Crippen molar-refractivity contribution in [2.45, 2.75) is 32.9 Å². The molecule has 3 heteroatoms. The molecule has 0 N–H and O–H groups in total. The van der Waals surface area contributed by atoms with Gasteiger partial charge in [0.2, 0.25) is 0 Å².